The Morgan fingerprint density at radius 3 is 2.37 bits per heavy atom. The van der Waals surface area contributed by atoms with Gasteiger partial charge in [-0.2, -0.15) is 0 Å². The van der Waals surface area contributed by atoms with Crippen molar-refractivity contribution in [3.8, 4) is 0 Å². The first kappa shape index (κ1) is 17.0. The van der Waals surface area contributed by atoms with Crippen molar-refractivity contribution in [3.63, 3.8) is 0 Å². The average Bonchev–Trinajstić information content (AvgIpc) is 2.74. The lowest BCUT2D eigenvalue weighted by Crippen LogP contribution is -2.37. The summed E-state index contributed by atoms with van der Waals surface area (Å²) >= 11 is 0. The van der Waals surface area contributed by atoms with Crippen molar-refractivity contribution >= 4 is 0 Å². The molecule has 0 amide bonds. The van der Waals surface area contributed by atoms with Gasteiger partial charge < -0.3 is 10.2 Å². The van der Waals surface area contributed by atoms with E-state index in [9.17, 15) is 0 Å². The fourth-order valence-electron chi connectivity index (χ4n) is 3.06. The van der Waals surface area contributed by atoms with Gasteiger partial charge in [-0.3, -0.25) is 0 Å². The smallest absolute Gasteiger partial charge is 0.0209 e. The number of hydrogen-bond donors (Lipinski definition) is 1. The average molecular weight is 268 g/mol. The molecule has 0 aliphatic carbocycles. The predicted molar refractivity (Wildman–Crippen MR) is 85.7 cm³/mol. The number of nitrogens with zero attached hydrogens (tertiary/aromatic N) is 1. The largest absolute Gasteiger partial charge is 0.310 e. The lowest BCUT2D eigenvalue weighted by molar-refractivity contribution is 0.314. The molecule has 1 fully saturated rings. The Bertz CT molecular complexity index is 213. The summed E-state index contributed by atoms with van der Waals surface area (Å²) in [4.78, 5) is 2.65. The van der Waals surface area contributed by atoms with E-state index in [1.165, 1.54) is 64.6 Å². The van der Waals surface area contributed by atoms with Crippen LogP contribution in [0.4, 0.5) is 0 Å². The molecule has 0 saturated carbocycles. The van der Waals surface area contributed by atoms with Gasteiger partial charge in [-0.1, -0.05) is 59.8 Å². The Morgan fingerprint density at radius 2 is 1.68 bits per heavy atom. The highest BCUT2D eigenvalue weighted by Crippen LogP contribution is 2.13. The first-order chi connectivity index (χ1) is 9.08. The highest BCUT2D eigenvalue weighted by Gasteiger charge is 2.21. The first-order valence-electron chi connectivity index (χ1n) is 8.56. The van der Waals surface area contributed by atoms with Gasteiger partial charge in [0.25, 0.3) is 0 Å². The Hall–Kier alpha value is -0.0800. The Kier molecular flexibility index (Phi) is 8.72. The van der Waals surface area contributed by atoms with Crippen LogP contribution in [0.1, 0.15) is 72.6 Å². The van der Waals surface area contributed by atoms with Crippen LogP contribution in [0.5, 0.6) is 0 Å². The van der Waals surface area contributed by atoms with Crippen molar-refractivity contribution in [2.75, 3.05) is 19.6 Å². The molecular formula is C17H36N2. The fourth-order valence-corrected chi connectivity index (χ4v) is 3.06. The molecule has 0 unspecified atom stereocenters. The van der Waals surface area contributed by atoms with Gasteiger partial charge in [0.2, 0.25) is 0 Å². The third-order valence-corrected chi connectivity index (χ3v) is 4.10. The first-order valence-corrected chi connectivity index (χ1v) is 8.56. The molecule has 19 heavy (non-hydrogen) atoms. The highest BCUT2D eigenvalue weighted by molar-refractivity contribution is 4.81. The van der Waals surface area contributed by atoms with Crippen molar-refractivity contribution in [2.24, 2.45) is 5.92 Å². The zero-order chi connectivity index (χ0) is 14.1. The third-order valence-electron chi connectivity index (χ3n) is 4.10. The van der Waals surface area contributed by atoms with Crippen LogP contribution in [-0.4, -0.2) is 36.6 Å². The summed E-state index contributed by atoms with van der Waals surface area (Å²) in [5.74, 6) is 0.884. The number of rotatable bonds is 10. The molecular weight excluding hydrogens is 232 g/mol. The molecule has 1 N–H and O–H groups in total. The monoisotopic (exact) mass is 268 g/mol. The summed E-state index contributed by atoms with van der Waals surface area (Å²) < 4.78 is 0. The molecule has 2 nitrogen and oxygen atoms in total. The maximum atomic E-state index is 3.66. The second kappa shape index (κ2) is 9.77. The molecule has 1 atom stereocenters. The van der Waals surface area contributed by atoms with Crippen LogP contribution in [0.25, 0.3) is 0 Å². The highest BCUT2D eigenvalue weighted by atomic mass is 15.2. The van der Waals surface area contributed by atoms with Crippen LogP contribution in [0.2, 0.25) is 0 Å². The summed E-state index contributed by atoms with van der Waals surface area (Å²) in [5, 5.41) is 3.66. The number of nitrogens with one attached hydrogen (secondary N) is 1. The van der Waals surface area contributed by atoms with E-state index in [4.69, 9.17) is 0 Å². The Balaban J connectivity index is 1.91. The van der Waals surface area contributed by atoms with Crippen LogP contribution in [-0.2, 0) is 0 Å². The van der Waals surface area contributed by atoms with E-state index in [-0.39, 0.29) is 0 Å². The summed E-state index contributed by atoms with van der Waals surface area (Å²) in [5.41, 5.74) is 0. The molecule has 1 rings (SSSR count). The van der Waals surface area contributed by atoms with Gasteiger partial charge in [-0.15, -0.1) is 0 Å². The predicted octanol–water partition coefficient (Wildman–Crippen LogP) is 4.06. The molecule has 114 valence electrons. The van der Waals surface area contributed by atoms with Crippen LogP contribution in [0.15, 0.2) is 0 Å². The fraction of sp³-hybridized carbons (Fsp3) is 1.00. The molecule has 0 aromatic rings. The van der Waals surface area contributed by atoms with Crippen molar-refractivity contribution in [3.05, 3.63) is 0 Å². The molecule has 1 heterocycles. The number of likely N-dealkylation sites (tertiary alicyclic amines) is 1. The summed E-state index contributed by atoms with van der Waals surface area (Å²) in [6, 6.07) is 1.37. The minimum Gasteiger partial charge on any atom is -0.310 e. The van der Waals surface area contributed by atoms with E-state index in [1.54, 1.807) is 0 Å². The van der Waals surface area contributed by atoms with E-state index in [0.717, 1.165) is 12.0 Å². The van der Waals surface area contributed by atoms with Crippen molar-refractivity contribution in [2.45, 2.75) is 84.7 Å². The Morgan fingerprint density at radius 1 is 1.00 bits per heavy atom. The molecule has 0 aromatic carbocycles. The maximum absolute atomic E-state index is 3.66. The molecule has 0 bridgehead atoms. The van der Waals surface area contributed by atoms with Crippen LogP contribution >= 0.6 is 0 Å². The van der Waals surface area contributed by atoms with Gasteiger partial charge in [0, 0.05) is 18.6 Å². The third kappa shape index (κ3) is 8.65. The lowest BCUT2D eigenvalue weighted by atomic mass is 10.0. The van der Waals surface area contributed by atoms with Crippen LogP contribution in [0.3, 0.4) is 0 Å². The van der Waals surface area contributed by atoms with Gasteiger partial charge in [-0.05, 0) is 31.8 Å². The maximum Gasteiger partial charge on any atom is 0.0209 e. The van der Waals surface area contributed by atoms with Gasteiger partial charge >= 0.3 is 0 Å². The van der Waals surface area contributed by atoms with Crippen LogP contribution < -0.4 is 5.32 Å². The van der Waals surface area contributed by atoms with Crippen molar-refractivity contribution in [1.82, 2.24) is 10.2 Å². The van der Waals surface area contributed by atoms with E-state index >= 15 is 0 Å². The van der Waals surface area contributed by atoms with Gasteiger partial charge in [-0.25, -0.2) is 0 Å². The van der Waals surface area contributed by atoms with E-state index in [2.05, 4.69) is 37.9 Å². The minimum absolute atomic E-state index is 0.630. The second-order valence-electron chi connectivity index (χ2n) is 7.06. The molecule has 1 saturated heterocycles. The minimum atomic E-state index is 0.630. The summed E-state index contributed by atoms with van der Waals surface area (Å²) in [6.45, 7) is 13.0. The quantitative estimate of drug-likeness (QED) is 0.601. The van der Waals surface area contributed by atoms with E-state index in [1.807, 2.05) is 0 Å². The zero-order valence-electron chi connectivity index (χ0n) is 13.8. The van der Waals surface area contributed by atoms with Crippen LogP contribution in [0, 0.1) is 5.92 Å². The SMILES string of the molecule is CC(C)CCCCCCCN1CC[C@H](NC(C)C)C1. The molecule has 1 aliphatic heterocycles. The second-order valence-corrected chi connectivity index (χ2v) is 7.06. The molecule has 0 radical (unpaired) electrons. The van der Waals surface area contributed by atoms with Crippen molar-refractivity contribution in [1.29, 1.82) is 0 Å². The Labute approximate surface area is 121 Å². The van der Waals surface area contributed by atoms with Gasteiger partial charge in [0.15, 0.2) is 0 Å². The molecule has 0 aromatic heterocycles. The van der Waals surface area contributed by atoms with Gasteiger partial charge in [0.05, 0.1) is 0 Å². The molecule has 1 aliphatic rings. The van der Waals surface area contributed by atoms with E-state index in [0.29, 0.717) is 6.04 Å². The standard InChI is InChI=1S/C17H36N2/c1-15(2)10-8-6-5-7-9-12-19-13-11-17(14-19)18-16(3)4/h15-18H,5-14H2,1-4H3/t17-/m0/s1. The zero-order valence-corrected chi connectivity index (χ0v) is 13.8. The summed E-state index contributed by atoms with van der Waals surface area (Å²) in [7, 11) is 0. The van der Waals surface area contributed by atoms with Crippen molar-refractivity contribution < 1.29 is 0 Å². The van der Waals surface area contributed by atoms with E-state index < -0.39 is 0 Å². The molecule has 0 spiro atoms. The lowest BCUT2D eigenvalue weighted by Gasteiger charge is -2.18. The molecule has 2 heteroatoms. The topological polar surface area (TPSA) is 15.3 Å². The number of hydrogen-bond acceptors (Lipinski definition) is 2. The van der Waals surface area contributed by atoms with Gasteiger partial charge in [0.1, 0.15) is 0 Å². The number of unbranched alkanes of at least 4 members (excludes halogenated alkanes) is 4. The summed E-state index contributed by atoms with van der Waals surface area (Å²) in [6.07, 6.45) is 9.89. The normalized spacial score (nSPS) is 20.8.